The smallest absolute Gasteiger partial charge is 0.243 e. The molecule has 0 aromatic rings. The Morgan fingerprint density at radius 1 is 1.38 bits per heavy atom. The zero-order valence-corrected chi connectivity index (χ0v) is 14.4. The molecule has 2 heterocycles. The van der Waals surface area contributed by atoms with Crippen LogP contribution in [-0.2, 0) is 9.59 Å². The highest BCUT2D eigenvalue weighted by Crippen LogP contribution is 2.27. The molecule has 0 aliphatic carbocycles. The van der Waals surface area contributed by atoms with Gasteiger partial charge in [0.15, 0.2) is 0 Å². The van der Waals surface area contributed by atoms with Crippen molar-refractivity contribution in [2.45, 2.75) is 39.2 Å². The molecule has 2 N–H and O–H groups in total. The maximum atomic E-state index is 12.3. The van der Waals surface area contributed by atoms with Crippen LogP contribution in [0.1, 0.15) is 33.1 Å². The van der Waals surface area contributed by atoms with Crippen LogP contribution in [0, 0.1) is 5.41 Å². The third kappa shape index (κ3) is 4.76. The number of carbonyl (C=O) groups excluding carboxylic acids is 2. The summed E-state index contributed by atoms with van der Waals surface area (Å²) < 4.78 is 0. The predicted octanol–water partition coefficient (Wildman–Crippen LogP) is 1.23. The van der Waals surface area contributed by atoms with Crippen LogP contribution in [0.15, 0.2) is 0 Å². The second kappa shape index (κ2) is 8.25. The normalized spacial score (nSPS) is 24.3. The van der Waals surface area contributed by atoms with Gasteiger partial charge >= 0.3 is 0 Å². The molecule has 0 radical (unpaired) electrons. The maximum Gasteiger partial charge on any atom is 0.243 e. The number of thioether (sulfide) groups is 1. The molecule has 0 spiro atoms. The Bertz CT molecular complexity index is 375. The highest BCUT2D eigenvalue weighted by Gasteiger charge is 2.35. The second-order valence-electron chi connectivity index (χ2n) is 6.01. The molecule has 122 valence electrons. The van der Waals surface area contributed by atoms with Crippen molar-refractivity contribution in [2.24, 2.45) is 5.41 Å². The van der Waals surface area contributed by atoms with Crippen molar-refractivity contribution in [1.82, 2.24) is 15.5 Å². The summed E-state index contributed by atoms with van der Waals surface area (Å²) in [6, 6.07) is -0.280. The van der Waals surface area contributed by atoms with Crippen molar-refractivity contribution in [2.75, 3.05) is 31.3 Å². The van der Waals surface area contributed by atoms with Crippen molar-refractivity contribution in [3.05, 3.63) is 0 Å². The molecule has 0 bridgehead atoms. The van der Waals surface area contributed by atoms with Gasteiger partial charge in [-0.25, -0.2) is 0 Å². The van der Waals surface area contributed by atoms with Gasteiger partial charge in [-0.2, -0.15) is 0 Å². The number of piperidine rings is 1. The van der Waals surface area contributed by atoms with E-state index in [4.69, 9.17) is 0 Å². The molecule has 5 nitrogen and oxygen atoms in total. The zero-order valence-electron chi connectivity index (χ0n) is 12.8. The molecule has 0 saturated carbocycles. The topological polar surface area (TPSA) is 61.4 Å². The molecule has 1 atom stereocenters. The summed E-state index contributed by atoms with van der Waals surface area (Å²) in [5, 5.41) is 6.41. The van der Waals surface area contributed by atoms with E-state index in [1.807, 2.05) is 6.92 Å². The van der Waals surface area contributed by atoms with Gasteiger partial charge in [-0.05, 0) is 31.3 Å². The van der Waals surface area contributed by atoms with E-state index in [-0.39, 0.29) is 35.7 Å². The van der Waals surface area contributed by atoms with E-state index in [2.05, 4.69) is 17.6 Å². The predicted molar refractivity (Wildman–Crippen MR) is 88.7 cm³/mol. The first-order valence-electron chi connectivity index (χ1n) is 7.41. The molecule has 0 aromatic carbocycles. The van der Waals surface area contributed by atoms with Crippen molar-refractivity contribution >= 4 is 36.0 Å². The van der Waals surface area contributed by atoms with Gasteiger partial charge in [-0.15, -0.1) is 24.2 Å². The van der Waals surface area contributed by atoms with Gasteiger partial charge in [0, 0.05) is 18.7 Å². The highest BCUT2D eigenvalue weighted by atomic mass is 35.5. The average molecular weight is 336 g/mol. The molecular formula is C14H26ClN3O2S. The van der Waals surface area contributed by atoms with E-state index >= 15 is 0 Å². The number of hydrogen-bond acceptors (Lipinski definition) is 4. The average Bonchev–Trinajstić information content (AvgIpc) is 2.94. The Labute approximate surface area is 137 Å². The number of nitrogens with zero attached hydrogens (tertiary/aromatic N) is 1. The summed E-state index contributed by atoms with van der Waals surface area (Å²) in [4.78, 5) is 25.9. The first-order valence-corrected chi connectivity index (χ1v) is 8.57. The van der Waals surface area contributed by atoms with Crippen molar-refractivity contribution in [3.63, 3.8) is 0 Å². The molecule has 2 fully saturated rings. The van der Waals surface area contributed by atoms with Crippen molar-refractivity contribution in [3.8, 4) is 0 Å². The summed E-state index contributed by atoms with van der Waals surface area (Å²) in [7, 11) is 0. The number of halogens is 1. The van der Waals surface area contributed by atoms with Crippen LogP contribution in [0.25, 0.3) is 0 Å². The molecule has 21 heavy (non-hydrogen) atoms. The second-order valence-corrected chi connectivity index (χ2v) is 7.01. The third-order valence-corrected chi connectivity index (χ3v) is 5.32. The standard InChI is InChI=1S/C14H25N3O2S.ClH/c1-3-12(18)17-10-20-8-11(17)13(19)16-9-14(2)4-6-15-7-5-14;/h11,15H,3-10H2,1-2H3,(H,16,19);1H. The number of hydrogen-bond donors (Lipinski definition) is 2. The molecule has 2 aliphatic rings. The Hall–Kier alpha value is -0.460. The molecule has 1 unspecified atom stereocenters. The minimum Gasteiger partial charge on any atom is -0.354 e. The van der Waals surface area contributed by atoms with Crippen LogP contribution in [0.5, 0.6) is 0 Å². The monoisotopic (exact) mass is 335 g/mol. The van der Waals surface area contributed by atoms with E-state index in [1.54, 1.807) is 16.7 Å². The van der Waals surface area contributed by atoms with Gasteiger partial charge in [-0.3, -0.25) is 9.59 Å². The van der Waals surface area contributed by atoms with Gasteiger partial charge < -0.3 is 15.5 Å². The summed E-state index contributed by atoms with van der Waals surface area (Å²) in [5.74, 6) is 1.45. The van der Waals surface area contributed by atoms with E-state index in [1.165, 1.54) is 0 Å². The first-order chi connectivity index (χ1) is 9.56. The van der Waals surface area contributed by atoms with Gasteiger partial charge in [0.05, 0.1) is 5.88 Å². The lowest BCUT2D eigenvalue weighted by molar-refractivity contribution is -0.138. The first kappa shape index (κ1) is 18.6. The molecule has 7 heteroatoms. The van der Waals surface area contributed by atoms with Gasteiger partial charge in [0.25, 0.3) is 0 Å². The largest absolute Gasteiger partial charge is 0.354 e. The van der Waals surface area contributed by atoms with E-state index in [9.17, 15) is 9.59 Å². The van der Waals surface area contributed by atoms with Gasteiger partial charge in [-0.1, -0.05) is 13.8 Å². The minimum absolute atomic E-state index is 0. The van der Waals surface area contributed by atoms with Gasteiger partial charge in [0.2, 0.25) is 11.8 Å². The lowest BCUT2D eigenvalue weighted by atomic mass is 9.81. The summed E-state index contributed by atoms with van der Waals surface area (Å²) in [6.07, 6.45) is 2.64. The van der Waals surface area contributed by atoms with Crippen molar-refractivity contribution in [1.29, 1.82) is 0 Å². The number of rotatable bonds is 4. The highest BCUT2D eigenvalue weighted by molar-refractivity contribution is 7.99. The van der Waals surface area contributed by atoms with Crippen LogP contribution in [-0.4, -0.2) is 54.0 Å². The Morgan fingerprint density at radius 2 is 2.05 bits per heavy atom. The van der Waals surface area contributed by atoms with Crippen LogP contribution >= 0.6 is 24.2 Å². The van der Waals surface area contributed by atoms with Crippen LogP contribution in [0.2, 0.25) is 0 Å². The Balaban J connectivity index is 0.00000220. The Kier molecular flexibility index (Phi) is 7.30. The fraction of sp³-hybridized carbons (Fsp3) is 0.857. The van der Waals surface area contributed by atoms with Crippen LogP contribution in [0.3, 0.4) is 0 Å². The minimum atomic E-state index is -0.280. The van der Waals surface area contributed by atoms with Crippen LogP contribution < -0.4 is 10.6 Å². The van der Waals surface area contributed by atoms with E-state index in [0.29, 0.717) is 18.8 Å². The molecule has 2 amide bonds. The fourth-order valence-electron chi connectivity index (χ4n) is 2.73. The quantitative estimate of drug-likeness (QED) is 0.811. The summed E-state index contributed by atoms with van der Waals surface area (Å²) in [6.45, 7) is 6.82. The zero-order chi connectivity index (χ0) is 14.6. The summed E-state index contributed by atoms with van der Waals surface area (Å²) in [5.41, 5.74) is 0.187. The third-order valence-electron chi connectivity index (χ3n) is 4.31. The molecular weight excluding hydrogens is 310 g/mol. The lowest BCUT2D eigenvalue weighted by Crippen LogP contribution is -2.50. The number of amides is 2. The van der Waals surface area contributed by atoms with Crippen LogP contribution in [0.4, 0.5) is 0 Å². The number of nitrogens with one attached hydrogen (secondary N) is 2. The van der Waals surface area contributed by atoms with E-state index in [0.717, 1.165) is 31.7 Å². The molecule has 2 saturated heterocycles. The molecule has 2 rings (SSSR count). The number of carbonyl (C=O) groups is 2. The fourth-order valence-corrected chi connectivity index (χ4v) is 3.91. The maximum absolute atomic E-state index is 12.3. The molecule has 2 aliphatic heterocycles. The van der Waals surface area contributed by atoms with Crippen molar-refractivity contribution < 1.29 is 9.59 Å². The van der Waals surface area contributed by atoms with E-state index < -0.39 is 0 Å². The Morgan fingerprint density at radius 3 is 2.67 bits per heavy atom. The SMILES string of the molecule is CCC(=O)N1CSCC1C(=O)NCC1(C)CCNCC1.Cl. The summed E-state index contributed by atoms with van der Waals surface area (Å²) >= 11 is 1.66. The molecule has 0 aromatic heterocycles. The van der Waals surface area contributed by atoms with Gasteiger partial charge in [0.1, 0.15) is 6.04 Å². The lowest BCUT2D eigenvalue weighted by Gasteiger charge is -2.34.